The highest BCUT2D eigenvalue weighted by Crippen LogP contribution is 2.36. The molecule has 0 spiro atoms. The zero-order valence-corrected chi connectivity index (χ0v) is 19.5. The third-order valence-electron chi connectivity index (χ3n) is 5.82. The number of benzene rings is 3. The summed E-state index contributed by atoms with van der Waals surface area (Å²) in [5.41, 5.74) is 4.15. The van der Waals surface area contributed by atoms with Crippen LogP contribution in [-0.4, -0.2) is 38.3 Å². The van der Waals surface area contributed by atoms with Crippen LogP contribution in [0, 0.1) is 0 Å². The molecule has 0 radical (unpaired) electrons. The molecule has 176 valence electrons. The Balaban J connectivity index is 1.64. The molecule has 0 unspecified atom stereocenters. The highest BCUT2D eigenvalue weighted by molar-refractivity contribution is 5.87. The number of carbonyl (C=O) groups excluding carboxylic acids is 1. The summed E-state index contributed by atoms with van der Waals surface area (Å²) < 4.78 is 16.6. The van der Waals surface area contributed by atoms with Gasteiger partial charge in [0.2, 0.25) is 5.91 Å². The maximum absolute atomic E-state index is 12.8. The Kier molecular flexibility index (Phi) is 7.83. The lowest BCUT2D eigenvalue weighted by molar-refractivity contribution is -0.121. The molecule has 1 atom stereocenters. The van der Waals surface area contributed by atoms with E-state index >= 15 is 0 Å². The summed E-state index contributed by atoms with van der Waals surface area (Å²) in [6.45, 7) is 1.43. The number of rotatable bonds is 11. The minimum Gasteiger partial charge on any atom is -0.497 e. The number of fused-ring (bicyclic) bond motifs is 1. The molecule has 3 aromatic carbocycles. The predicted octanol–water partition coefficient (Wildman–Crippen LogP) is 5.04. The Hall–Kier alpha value is -3.77. The molecule has 0 aliphatic carbocycles. The van der Waals surface area contributed by atoms with Crippen molar-refractivity contribution in [2.45, 2.75) is 18.9 Å². The molecule has 6 heteroatoms. The normalized spacial score (nSPS) is 11.8. The van der Waals surface area contributed by atoms with Gasteiger partial charge in [0.05, 0.1) is 13.7 Å². The van der Waals surface area contributed by atoms with Crippen LogP contribution in [-0.2, 0) is 16.1 Å². The van der Waals surface area contributed by atoms with Gasteiger partial charge in [-0.15, -0.1) is 0 Å². The zero-order valence-electron chi connectivity index (χ0n) is 19.5. The molecule has 1 aromatic heterocycles. The van der Waals surface area contributed by atoms with E-state index in [2.05, 4.69) is 10.3 Å². The zero-order chi connectivity index (χ0) is 23.8. The molecule has 1 heterocycles. The van der Waals surface area contributed by atoms with Crippen molar-refractivity contribution in [3.05, 3.63) is 95.7 Å². The van der Waals surface area contributed by atoms with Crippen molar-refractivity contribution in [2.24, 2.45) is 0 Å². The Morgan fingerprint density at radius 2 is 1.82 bits per heavy atom. The van der Waals surface area contributed by atoms with Crippen LogP contribution in [0.25, 0.3) is 10.9 Å². The number of hydrogen-bond donors (Lipinski definition) is 2. The fraction of sp³-hybridized carbons (Fsp3) is 0.250. The first-order chi connectivity index (χ1) is 16.7. The third-order valence-corrected chi connectivity index (χ3v) is 5.82. The molecule has 0 bridgehead atoms. The average molecular weight is 459 g/mol. The standard InChI is InChI=1S/C28H30N2O4/c1-32-14-13-29-28(31)17-24(26-18-30-27-12-11-22(33-2)16-25(26)27)21-9-6-10-23(15-21)34-19-20-7-4-3-5-8-20/h3-12,15-16,18,24,30H,13-14,17,19H2,1-2H3,(H,29,31)/t24-/m1/s1. The lowest BCUT2D eigenvalue weighted by atomic mass is 9.87. The van der Waals surface area contributed by atoms with Gasteiger partial charge >= 0.3 is 0 Å². The van der Waals surface area contributed by atoms with E-state index in [1.807, 2.05) is 79.0 Å². The first-order valence-electron chi connectivity index (χ1n) is 11.3. The van der Waals surface area contributed by atoms with Crippen LogP contribution >= 0.6 is 0 Å². The van der Waals surface area contributed by atoms with Crippen molar-refractivity contribution in [1.82, 2.24) is 10.3 Å². The summed E-state index contributed by atoms with van der Waals surface area (Å²) in [5, 5.41) is 3.98. The molecule has 4 aromatic rings. The summed E-state index contributed by atoms with van der Waals surface area (Å²) in [6.07, 6.45) is 2.28. The van der Waals surface area contributed by atoms with Crippen molar-refractivity contribution in [3.8, 4) is 11.5 Å². The number of aromatic amines is 1. The Labute approximate surface area is 199 Å². The van der Waals surface area contributed by atoms with E-state index in [-0.39, 0.29) is 11.8 Å². The van der Waals surface area contributed by atoms with Crippen molar-refractivity contribution in [2.75, 3.05) is 27.4 Å². The Morgan fingerprint density at radius 3 is 2.62 bits per heavy atom. The second kappa shape index (κ2) is 11.4. The maximum Gasteiger partial charge on any atom is 0.221 e. The van der Waals surface area contributed by atoms with E-state index in [0.717, 1.165) is 39.1 Å². The van der Waals surface area contributed by atoms with E-state index in [0.29, 0.717) is 26.2 Å². The molecule has 4 rings (SSSR count). The van der Waals surface area contributed by atoms with Gasteiger partial charge in [-0.1, -0.05) is 42.5 Å². The number of H-pyrrole nitrogens is 1. The van der Waals surface area contributed by atoms with Crippen LogP contribution in [0.1, 0.15) is 29.0 Å². The van der Waals surface area contributed by atoms with E-state index in [4.69, 9.17) is 14.2 Å². The summed E-state index contributed by atoms with van der Waals surface area (Å²) in [5.74, 6) is 1.35. The molecule has 0 aliphatic heterocycles. The molecular weight excluding hydrogens is 428 g/mol. The molecule has 0 saturated heterocycles. The van der Waals surface area contributed by atoms with Gasteiger partial charge in [0, 0.05) is 43.1 Å². The third kappa shape index (κ3) is 5.77. The smallest absolute Gasteiger partial charge is 0.221 e. The Bertz CT molecular complexity index is 1220. The molecule has 0 fully saturated rings. The number of amides is 1. The van der Waals surface area contributed by atoms with Crippen LogP contribution in [0.2, 0.25) is 0 Å². The van der Waals surface area contributed by atoms with Crippen molar-refractivity contribution in [3.63, 3.8) is 0 Å². The molecule has 2 N–H and O–H groups in total. The van der Waals surface area contributed by atoms with Gasteiger partial charge in [-0.25, -0.2) is 0 Å². The number of methoxy groups -OCH3 is 2. The molecule has 0 saturated carbocycles. The van der Waals surface area contributed by atoms with Gasteiger partial charge in [-0.05, 0) is 47.0 Å². The molecular formula is C28H30N2O4. The average Bonchev–Trinajstić information content (AvgIpc) is 3.30. The monoisotopic (exact) mass is 458 g/mol. The highest BCUT2D eigenvalue weighted by atomic mass is 16.5. The van der Waals surface area contributed by atoms with Gasteiger partial charge in [0.15, 0.2) is 0 Å². The fourth-order valence-electron chi connectivity index (χ4n) is 4.06. The maximum atomic E-state index is 12.8. The summed E-state index contributed by atoms with van der Waals surface area (Å²) in [7, 11) is 3.27. The van der Waals surface area contributed by atoms with Crippen LogP contribution < -0.4 is 14.8 Å². The van der Waals surface area contributed by atoms with Gasteiger partial charge in [0.1, 0.15) is 18.1 Å². The Morgan fingerprint density at radius 1 is 0.971 bits per heavy atom. The second-order valence-electron chi connectivity index (χ2n) is 8.10. The minimum atomic E-state index is -0.163. The van der Waals surface area contributed by atoms with Crippen molar-refractivity contribution >= 4 is 16.8 Å². The van der Waals surface area contributed by atoms with Crippen LogP contribution in [0.5, 0.6) is 11.5 Å². The summed E-state index contributed by atoms with van der Waals surface area (Å²) >= 11 is 0. The number of aromatic nitrogens is 1. The van der Waals surface area contributed by atoms with Gasteiger partial charge < -0.3 is 24.5 Å². The minimum absolute atomic E-state index is 0.0325. The molecule has 0 aliphatic rings. The number of nitrogens with one attached hydrogen (secondary N) is 2. The first-order valence-corrected chi connectivity index (χ1v) is 11.3. The number of ether oxygens (including phenoxy) is 3. The predicted molar refractivity (Wildman–Crippen MR) is 133 cm³/mol. The lowest BCUT2D eigenvalue weighted by Gasteiger charge is -2.18. The van der Waals surface area contributed by atoms with Crippen molar-refractivity contribution < 1.29 is 19.0 Å². The number of carbonyl (C=O) groups is 1. The molecule has 34 heavy (non-hydrogen) atoms. The van der Waals surface area contributed by atoms with Gasteiger partial charge in [0.25, 0.3) is 0 Å². The molecule has 6 nitrogen and oxygen atoms in total. The van der Waals surface area contributed by atoms with E-state index in [9.17, 15) is 4.79 Å². The quantitative estimate of drug-likeness (QED) is 0.309. The largest absolute Gasteiger partial charge is 0.497 e. The fourth-order valence-corrected chi connectivity index (χ4v) is 4.06. The van der Waals surface area contributed by atoms with Crippen LogP contribution in [0.4, 0.5) is 0 Å². The van der Waals surface area contributed by atoms with E-state index in [1.54, 1.807) is 14.2 Å². The highest BCUT2D eigenvalue weighted by Gasteiger charge is 2.22. The topological polar surface area (TPSA) is 72.6 Å². The van der Waals surface area contributed by atoms with Gasteiger partial charge in [-0.2, -0.15) is 0 Å². The summed E-state index contributed by atoms with van der Waals surface area (Å²) in [6, 6.07) is 24.0. The first kappa shape index (κ1) is 23.4. The van der Waals surface area contributed by atoms with Crippen LogP contribution in [0.15, 0.2) is 79.0 Å². The summed E-state index contributed by atoms with van der Waals surface area (Å²) in [4.78, 5) is 16.2. The second-order valence-corrected chi connectivity index (χ2v) is 8.10. The van der Waals surface area contributed by atoms with Gasteiger partial charge in [-0.3, -0.25) is 4.79 Å². The lowest BCUT2D eigenvalue weighted by Crippen LogP contribution is -2.28. The SMILES string of the molecule is COCCNC(=O)C[C@H](c1cccc(OCc2ccccc2)c1)c1c[nH]c2ccc(OC)cc12. The van der Waals surface area contributed by atoms with Crippen molar-refractivity contribution in [1.29, 1.82) is 0 Å². The molecule has 1 amide bonds. The van der Waals surface area contributed by atoms with E-state index < -0.39 is 0 Å². The number of hydrogen-bond acceptors (Lipinski definition) is 4. The van der Waals surface area contributed by atoms with E-state index in [1.165, 1.54) is 0 Å². The van der Waals surface area contributed by atoms with Crippen LogP contribution in [0.3, 0.4) is 0 Å².